The number of fused-ring (bicyclic) bond motifs is 1. The van der Waals surface area contributed by atoms with Crippen molar-refractivity contribution in [2.45, 2.75) is 6.18 Å². The Labute approximate surface area is 165 Å². The third-order valence-electron chi connectivity index (χ3n) is 3.93. The van der Waals surface area contributed by atoms with Crippen LogP contribution in [0.25, 0.3) is 22.0 Å². The first-order valence-corrected chi connectivity index (χ1v) is 9.80. The number of benzene rings is 2. The maximum atomic E-state index is 12.6. The molecule has 0 aliphatic rings. The van der Waals surface area contributed by atoms with Crippen molar-refractivity contribution in [3.8, 4) is 28.4 Å². The number of ether oxygens (including phenoxy) is 2. The van der Waals surface area contributed by atoms with Gasteiger partial charge in [-0.15, -0.1) is 0 Å². The van der Waals surface area contributed by atoms with E-state index >= 15 is 0 Å². The van der Waals surface area contributed by atoms with Crippen molar-refractivity contribution in [2.24, 2.45) is 0 Å². The van der Waals surface area contributed by atoms with E-state index in [2.05, 4.69) is 4.98 Å². The molecule has 0 spiro atoms. The summed E-state index contributed by atoms with van der Waals surface area (Å²) >= 11 is 0. The van der Waals surface area contributed by atoms with Crippen LogP contribution in [0.15, 0.2) is 48.7 Å². The van der Waals surface area contributed by atoms with Gasteiger partial charge in [-0.1, -0.05) is 18.2 Å². The highest BCUT2D eigenvalue weighted by atomic mass is 32.2. The second kappa shape index (κ2) is 7.78. The van der Waals surface area contributed by atoms with E-state index in [0.717, 1.165) is 10.9 Å². The molecule has 0 atom stereocenters. The van der Waals surface area contributed by atoms with Crippen molar-refractivity contribution < 1.29 is 35.2 Å². The molecule has 1 heterocycles. The largest absolute Gasteiger partial charge is 0.493 e. The number of nitrogens with zero attached hydrogens (tertiary/aromatic N) is 1. The van der Waals surface area contributed by atoms with Crippen molar-refractivity contribution in [3.63, 3.8) is 0 Å². The fourth-order valence-corrected chi connectivity index (χ4v) is 3.61. The fraction of sp³-hybridized carbons (Fsp3) is 0.211. The van der Waals surface area contributed by atoms with E-state index in [9.17, 15) is 21.6 Å². The SMILES string of the molecule is COc1cc(-c2cnc3ccccc3c2)cc(OS(=O)(=O)CC(F)(F)F)c1OC. The first-order valence-electron chi connectivity index (χ1n) is 8.22. The molecule has 0 aliphatic heterocycles. The minimum absolute atomic E-state index is 0.0929. The number of hydrogen-bond acceptors (Lipinski definition) is 6. The highest BCUT2D eigenvalue weighted by Crippen LogP contribution is 2.42. The molecule has 3 aromatic rings. The molecule has 0 aliphatic carbocycles. The number of para-hydroxylation sites is 1. The minimum atomic E-state index is -4.96. The van der Waals surface area contributed by atoms with Gasteiger partial charge in [0.15, 0.2) is 17.3 Å². The lowest BCUT2D eigenvalue weighted by Crippen LogP contribution is -2.26. The van der Waals surface area contributed by atoms with Crippen LogP contribution in [0, 0.1) is 0 Å². The van der Waals surface area contributed by atoms with Crippen molar-refractivity contribution >= 4 is 21.0 Å². The Bertz CT molecular complexity index is 1150. The smallest absolute Gasteiger partial charge is 0.406 e. The Morgan fingerprint density at radius 3 is 2.31 bits per heavy atom. The van der Waals surface area contributed by atoms with Crippen LogP contribution < -0.4 is 13.7 Å². The number of aromatic nitrogens is 1. The van der Waals surface area contributed by atoms with Gasteiger partial charge in [0.1, 0.15) is 0 Å². The standard InChI is InChI=1S/C19H16F3NO5S/c1-26-16-8-13(14-7-12-5-3-4-6-15(12)23-10-14)9-17(18(16)27-2)28-29(24,25)11-19(20,21)22/h3-10H,11H2,1-2H3. The molecule has 0 amide bonds. The Kier molecular flexibility index (Phi) is 5.56. The predicted molar refractivity (Wildman–Crippen MR) is 101 cm³/mol. The molecule has 0 fully saturated rings. The average molecular weight is 427 g/mol. The molecule has 0 saturated carbocycles. The first kappa shape index (κ1) is 20.7. The van der Waals surface area contributed by atoms with Gasteiger partial charge in [0.25, 0.3) is 0 Å². The lowest BCUT2D eigenvalue weighted by atomic mass is 10.0. The van der Waals surface area contributed by atoms with Crippen LogP contribution in [0.2, 0.25) is 0 Å². The zero-order chi connectivity index (χ0) is 21.2. The molecular formula is C19H16F3NO5S. The van der Waals surface area contributed by atoms with Gasteiger partial charge in [0.05, 0.1) is 19.7 Å². The molecule has 0 bridgehead atoms. The van der Waals surface area contributed by atoms with Crippen molar-refractivity contribution in [2.75, 3.05) is 20.0 Å². The third-order valence-corrected chi connectivity index (χ3v) is 5.04. The topological polar surface area (TPSA) is 74.7 Å². The predicted octanol–water partition coefficient (Wildman–Crippen LogP) is 4.19. The number of methoxy groups -OCH3 is 2. The normalized spacial score (nSPS) is 12.0. The zero-order valence-corrected chi connectivity index (χ0v) is 16.2. The van der Waals surface area contributed by atoms with Crippen LogP contribution in [0.5, 0.6) is 17.2 Å². The van der Waals surface area contributed by atoms with Gasteiger partial charge < -0.3 is 13.7 Å². The molecule has 29 heavy (non-hydrogen) atoms. The Morgan fingerprint density at radius 1 is 0.966 bits per heavy atom. The molecule has 0 unspecified atom stereocenters. The monoisotopic (exact) mass is 427 g/mol. The Morgan fingerprint density at radius 2 is 1.66 bits per heavy atom. The average Bonchev–Trinajstić information content (AvgIpc) is 2.64. The van der Waals surface area contributed by atoms with Crippen LogP contribution in [0.3, 0.4) is 0 Å². The quantitative estimate of drug-likeness (QED) is 0.549. The molecule has 6 nitrogen and oxygen atoms in total. The maximum Gasteiger partial charge on any atom is 0.406 e. The van der Waals surface area contributed by atoms with E-state index in [0.29, 0.717) is 11.1 Å². The summed E-state index contributed by atoms with van der Waals surface area (Å²) in [5.74, 6) is -2.60. The van der Waals surface area contributed by atoms with Gasteiger partial charge in [0.2, 0.25) is 5.75 Å². The van der Waals surface area contributed by atoms with Crippen molar-refractivity contribution in [1.82, 2.24) is 4.98 Å². The zero-order valence-electron chi connectivity index (χ0n) is 15.4. The van der Waals surface area contributed by atoms with Crippen LogP contribution >= 0.6 is 0 Å². The van der Waals surface area contributed by atoms with E-state index in [-0.39, 0.29) is 11.5 Å². The molecule has 0 N–H and O–H groups in total. The Balaban J connectivity index is 2.10. The summed E-state index contributed by atoms with van der Waals surface area (Å²) < 4.78 is 76.4. The van der Waals surface area contributed by atoms with Crippen LogP contribution in [-0.2, 0) is 10.1 Å². The van der Waals surface area contributed by atoms with E-state index in [1.807, 2.05) is 24.3 Å². The summed E-state index contributed by atoms with van der Waals surface area (Å²) in [7, 11) is -2.43. The number of pyridine rings is 1. The molecule has 0 radical (unpaired) electrons. The summed E-state index contributed by atoms with van der Waals surface area (Å²) in [6.07, 6.45) is -3.40. The van der Waals surface area contributed by atoms with Crippen LogP contribution in [0.4, 0.5) is 13.2 Å². The van der Waals surface area contributed by atoms with Crippen LogP contribution in [0.1, 0.15) is 0 Å². The van der Waals surface area contributed by atoms with E-state index in [1.165, 1.54) is 20.3 Å². The van der Waals surface area contributed by atoms with E-state index in [4.69, 9.17) is 13.7 Å². The second-order valence-electron chi connectivity index (χ2n) is 6.03. The van der Waals surface area contributed by atoms with Gasteiger partial charge in [-0.2, -0.15) is 21.6 Å². The molecule has 10 heteroatoms. The van der Waals surface area contributed by atoms with Gasteiger partial charge in [-0.05, 0) is 29.8 Å². The van der Waals surface area contributed by atoms with Gasteiger partial charge in [-0.25, -0.2) is 0 Å². The lowest BCUT2D eigenvalue weighted by Gasteiger charge is -2.16. The highest BCUT2D eigenvalue weighted by Gasteiger charge is 2.37. The number of alkyl halides is 3. The van der Waals surface area contributed by atoms with Gasteiger partial charge in [-0.3, -0.25) is 4.98 Å². The van der Waals surface area contributed by atoms with Gasteiger partial charge in [0, 0.05) is 17.1 Å². The number of rotatable bonds is 6. The summed E-state index contributed by atoms with van der Waals surface area (Å²) in [5, 5.41) is 0.826. The van der Waals surface area contributed by atoms with E-state index in [1.54, 1.807) is 18.3 Å². The van der Waals surface area contributed by atoms with E-state index < -0.39 is 27.8 Å². The lowest BCUT2D eigenvalue weighted by molar-refractivity contribution is -0.107. The second-order valence-corrected chi connectivity index (χ2v) is 7.60. The Hall–Kier alpha value is -3.01. The third kappa shape index (κ3) is 4.89. The summed E-state index contributed by atoms with van der Waals surface area (Å²) in [6.45, 7) is 0. The molecule has 2 aromatic carbocycles. The minimum Gasteiger partial charge on any atom is -0.493 e. The first-order chi connectivity index (χ1) is 13.6. The molecule has 0 saturated heterocycles. The molecule has 154 valence electrons. The van der Waals surface area contributed by atoms with Crippen molar-refractivity contribution in [3.05, 3.63) is 48.7 Å². The molecule has 1 aromatic heterocycles. The number of halogens is 3. The summed E-state index contributed by atoms with van der Waals surface area (Å²) in [4.78, 5) is 4.33. The summed E-state index contributed by atoms with van der Waals surface area (Å²) in [6, 6.07) is 12.0. The van der Waals surface area contributed by atoms with Crippen molar-refractivity contribution in [1.29, 1.82) is 0 Å². The highest BCUT2D eigenvalue weighted by molar-refractivity contribution is 7.87. The number of hydrogen-bond donors (Lipinski definition) is 0. The summed E-state index contributed by atoms with van der Waals surface area (Å²) in [5.41, 5.74) is 1.77. The molecular weight excluding hydrogens is 411 g/mol. The van der Waals surface area contributed by atoms with Crippen LogP contribution in [-0.4, -0.2) is 39.6 Å². The fourth-order valence-electron chi connectivity index (χ4n) is 2.75. The maximum absolute atomic E-state index is 12.6. The van der Waals surface area contributed by atoms with Gasteiger partial charge >= 0.3 is 16.3 Å². The molecule has 3 rings (SSSR count).